The van der Waals surface area contributed by atoms with Gasteiger partial charge in [0.2, 0.25) is 0 Å². The van der Waals surface area contributed by atoms with Crippen molar-refractivity contribution in [1.29, 1.82) is 0 Å². The van der Waals surface area contributed by atoms with Crippen molar-refractivity contribution in [2.45, 2.75) is 51.7 Å². The number of hydrogen-bond acceptors (Lipinski definition) is 3. The Morgan fingerprint density at radius 3 is 2.88 bits per heavy atom. The molecule has 1 heterocycles. The average Bonchev–Trinajstić information content (AvgIpc) is 3.11. The van der Waals surface area contributed by atoms with Crippen LogP contribution in [0.25, 0.3) is 0 Å². The van der Waals surface area contributed by atoms with Crippen LogP contribution < -0.4 is 5.32 Å². The zero-order chi connectivity index (χ0) is 12.1. The Labute approximate surface area is 106 Å². The van der Waals surface area contributed by atoms with Crippen molar-refractivity contribution in [2.24, 2.45) is 5.92 Å². The first-order valence-electron chi connectivity index (χ1n) is 7.35. The largest absolute Gasteiger partial charge is 0.377 e. The summed E-state index contributed by atoms with van der Waals surface area (Å²) < 4.78 is 5.75. The van der Waals surface area contributed by atoms with E-state index in [1.807, 2.05) is 0 Å². The molecule has 2 atom stereocenters. The summed E-state index contributed by atoms with van der Waals surface area (Å²) in [6.07, 6.45) is 5.82. The third kappa shape index (κ3) is 4.94. The highest BCUT2D eigenvalue weighted by atomic mass is 16.5. The van der Waals surface area contributed by atoms with Gasteiger partial charge in [-0.2, -0.15) is 0 Å². The zero-order valence-corrected chi connectivity index (χ0v) is 11.5. The van der Waals surface area contributed by atoms with Crippen molar-refractivity contribution in [3.63, 3.8) is 0 Å². The number of piperidine rings is 1. The first-order valence-corrected chi connectivity index (χ1v) is 7.35. The van der Waals surface area contributed by atoms with Gasteiger partial charge in [0.1, 0.15) is 0 Å². The monoisotopic (exact) mass is 240 g/mol. The van der Waals surface area contributed by atoms with Crippen LogP contribution in [0.4, 0.5) is 0 Å². The van der Waals surface area contributed by atoms with E-state index in [9.17, 15) is 0 Å². The summed E-state index contributed by atoms with van der Waals surface area (Å²) in [6.45, 7) is 10.1. The van der Waals surface area contributed by atoms with Gasteiger partial charge in [-0.3, -0.25) is 0 Å². The van der Waals surface area contributed by atoms with E-state index in [1.54, 1.807) is 0 Å². The van der Waals surface area contributed by atoms with Crippen LogP contribution in [-0.2, 0) is 4.74 Å². The second-order valence-corrected chi connectivity index (χ2v) is 5.77. The second-order valence-electron chi connectivity index (χ2n) is 5.77. The van der Waals surface area contributed by atoms with Gasteiger partial charge in [0.05, 0.1) is 6.10 Å². The van der Waals surface area contributed by atoms with Crippen LogP contribution >= 0.6 is 0 Å². The second kappa shape index (κ2) is 6.72. The summed E-state index contributed by atoms with van der Waals surface area (Å²) in [7, 11) is 0. The summed E-state index contributed by atoms with van der Waals surface area (Å²) in [5.74, 6) is 0.760. The van der Waals surface area contributed by atoms with Crippen molar-refractivity contribution in [1.82, 2.24) is 10.2 Å². The lowest BCUT2D eigenvalue weighted by Crippen LogP contribution is -2.43. The van der Waals surface area contributed by atoms with E-state index < -0.39 is 0 Å². The van der Waals surface area contributed by atoms with Crippen molar-refractivity contribution in [3.8, 4) is 0 Å². The van der Waals surface area contributed by atoms with Gasteiger partial charge in [0, 0.05) is 25.7 Å². The molecule has 2 rings (SSSR count). The molecule has 1 N–H and O–H groups in total. The van der Waals surface area contributed by atoms with Gasteiger partial charge in [0.25, 0.3) is 0 Å². The van der Waals surface area contributed by atoms with E-state index in [0.717, 1.165) is 25.1 Å². The van der Waals surface area contributed by atoms with Crippen molar-refractivity contribution >= 4 is 0 Å². The first-order chi connectivity index (χ1) is 8.28. The van der Waals surface area contributed by atoms with Gasteiger partial charge in [-0.1, -0.05) is 6.92 Å². The lowest BCUT2D eigenvalue weighted by atomic mass is 10.1. The van der Waals surface area contributed by atoms with Crippen molar-refractivity contribution < 1.29 is 4.74 Å². The molecule has 2 fully saturated rings. The summed E-state index contributed by atoms with van der Waals surface area (Å²) in [5, 5.41) is 3.62. The van der Waals surface area contributed by atoms with E-state index in [0.29, 0.717) is 6.10 Å². The van der Waals surface area contributed by atoms with Crippen molar-refractivity contribution in [3.05, 3.63) is 0 Å². The summed E-state index contributed by atoms with van der Waals surface area (Å²) in [5.41, 5.74) is 0. The maximum absolute atomic E-state index is 5.75. The maximum atomic E-state index is 5.75. The fourth-order valence-electron chi connectivity index (χ4n) is 2.71. The molecule has 17 heavy (non-hydrogen) atoms. The van der Waals surface area contributed by atoms with Crippen LogP contribution in [0.3, 0.4) is 0 Å². The topological polar surface area (TPSA) is 24.5 Å². The molecule has 0 aromatic rings. The lowest BCUT2D eigenvalue weighted by molar-refractivity contribution is 0.00250. The van der Waals surface area contributed by atoms with E-state index in [-0.39, 0.29) is 0 Å². The number of nitrogens with one attached hydrogen (secondary N) is 1. The van der Waals surface area contributed by atoms with Gasteiger partial charge in [-0.05, 0) is 51.6 Å². The van der Waals surface area contributed by atoms with E-state index in [1.165, 1.54) is 45.3 Å². The molecule has 0 radical (unpaired) electrons. The first kappa shape index (κ1) is 13.3. The van der Waals surface area contributed by atoms with Crippen molar-refractivity contribution in [2.75, 3.05) is 32.8 Å². The molecular weight excluding hydrogens is 212 g/mol. The third-order valence-electron chi connectivity index (χ3n) is 3.77. The van der Waals surface area contributed by atoms with Gasteiger partial charge >= 0.3 is 0 Å². The highest BCUT2D eigenvalue weighted by Crippen LogP contribution is 2.19. The molecular formula is C14H28N2O. The van der Waals surface area contributed by atoms with Crippen LogP contribution in [-0.4, -0.2) is 49.8 Å². The third-order valence-corrected chi connectivity index (χ3v) is 3.77. The molecule has 2 unspecified atom stereocenters. The van der Waals surface area contributed by atoms with Crippen LogP contribution in [0.2, 0.25) is 0 Å². The predicted octanol–water partition coefficient (Wildman–Crippen LogP) is 1.88. The standard InChI is InChI=1S/C14H28N2O/c1-3-17-14-5-4-8-16(11-14)10-12(2)9-15-13-6-7-13/h12-15H,3-11H2,1-2H3. The molecule has 0 spiro atoms. The smallest absolute Gasteiger partial charge is 0.0702 e. The van der Waals surface area contributed by atoms with Crippen LogP contribution in [0.5, 0.6) is 0 Å². The number of hydrogen-bond donors (Lipinski definition) is 1. The molecule has 0 amide bonds. The minimum absolute atomic E-state index is 0.484. The number of nitrogens with zero attached hydrogens (tertiary/aromatic N) is 1. The number of likely N-dealkylation sites (tertiary alicyclic amines) is 1. The van der Waals surface area contributed by atoms with Crippen LogP contribution in [0.15, 0.2) is 0 Å². The minimum atomic E-state index is 0.484. The summed E-state index contributed by atoms with van der Waals surface area (Å²) >= 11 is 0. The molecule has 1 aliphatic carbocycles. The lowest BCUT2D eigenvalue weighted by Gasteiger charge is -2.34. The highest BCUT2D eigenvalue weighted by molar-refractivity contribution is 4.82. The summed E-state index contributed by atoms with van der Waals surface area (Å²) in [4.78, 5) is 2.59. The molecule has 1 saturated carbocycles. The molecule has 3 heteroatoms. The van der Waals surface area contributed by atoms with Gasteiger partial charge < -0.3 is 15.0 Å². The summed E-state index contributed by atoms with van der Waals surface area (Å²) in [6, 6.07) is 0.843. The van der Waals surface area contributed by atoms with E-state index in [2.05, 4.69) is 24.1 Å². The number of ether oxygens (including phenoxy) is 1. The van der Waals surface area contributed by atoms with E-state index >= 15 is 0 Å². The van der Waals surface area contributed by atoms with Crippen LogP contribution in [0, 0.1) is 5.92 Å². The fourth-order valence-corrected chi connectivity index (χ4v) is 2.71. The Morgan fingerprint density at radius 2 is 2.18 bits per heavy atom. The molecule has 0 aromatic heterocycles. The van der Waals surface area contributed by atoms with Gasteiger partial charge in [-0.15, -0.1) is 0 Å². The quantitative estimate of drug-likeness (QED) is 0.735. The SMILES string of the molecule is CCOC1CCCN(CC(C)CNC2CC2)C1. The molecule has 0 bridgehead atoms. The molecule has 1 saturated heterocycles. The minimum Gasteiger partial charge on any atom is -0.377 e. The zero-order valence-electron chi connectivity index (χ0n) is 11.5. The van der Waals surface area contributed by atoms with Gasteiger partial charge in [-0.25, -0.2) is 0 Å². The Balaban J connectivity index is 1.62. The average molecular weight is 240 g/mol. The van der Waals surface area contributed by atoms with Gasteiger partial charge in [0.15, 0.2) is 0 Å². The Morgan fingerprint density at radius 1 is 1.35 bits per heavy atom. The normalized spacial score (nSPS) is 28.2. The fraction of sp³-hybridized carbons (Fsp3) is 1.00. The molecule has 2 aliphatic rings. The Hall–Kier alpha value is -0.120. The van der Waals surface area contributed by atoms with E-state index in [4.69, 9.17) is 4.74 Å². The molecule has 0 aromatic carbocycles. The maximum Gasteiger partial charge on any atom is 0.0702 e. The molecule has 3 nitrogen and oxygen atoms in total. The predicted molar refractivity (Wildman–Crippen MR) is 71.3 cm³/mol. The number of rotatable bonds is 7. The molecule has 100 valence electrons. The van der Waals surface area contributed by atoms with Crippen LogP contribution in [0.1, 0.15) is 39.5 Å². The Kier molecular flexibility index (Phi) is 5.26. The Bertz CT molecular complexity index is 216. The molecule has 1 aliphatic heterocycles. The highest BCUT2D eigenvalue weighted by Gasteiger charge is 2.23.